The van der Waals surface area contributed by atoms with Crippen molar-refractivity contribution in [3.8, 4) is 0 Å². The van der Waals surface area contributed by atoms with Gasteiger partial charge >= 0.3 is 0 Å². The molecule has 14 heavy (non-hydrogen) atoms. The largest absolute Gasteiger partial charge is 0.143 e. The molecule has 0 aliphatic heterocycles. The van der Waals surface area contributed by atoms with Crippen LogP contribution in [0.1, 0.15) is 47.2 Å². The Hall–Kier alpha value is 0.660. The van der Waals surface area contributed by atoms with Gasteiger partial charge in [0.2, 0.25) is 0 Å². The van der Waals surface area contributed by atoms with Crippen LogP contribution in [0.5, 0.6) is 0 Å². The summed E-state index contributed by atoms with van der Waals surface area (Å²) in [6, 6.07) is 2.24. The van der Waals surface area contributed by atoms with Crippen LogP contribution in [-0.4, -0.2) is 0 Å². The number of rotatable bonds is 5. The zero-order chi connectivity index (χ0) is 10.6. The van der Waals surface area contributed by atoms with Crippen LogP contribution in [0.2, 0.25) is 0 Å². The first kappa shape index (κ1) is 12.7. The van der Waals surface area contributed by atoms with E-state index in [0.717, 1.165) is 0 Å². The number of hydrogen-bond acceptors (Lipinski definition) is 1. The van der Waals surface area contributed by atoms with Gasteiger partial charge in [0, 0.05) is 19.1 Å². The highest BCUT2D eigenvalue weighted by Gasteiger charge is 2.11. The third kappa shape index (κ3) is 3.67. The molecule has 0 nitrogen and oxygen atoms in total. The normalized spacial score (nSPS) is 13.1. The molecular formula is C11H16Br2S. The molecule has 0 aliphatic carbocycles. The van der Waals surface area contributed by atoms with E-state index in [1.165, 1.54) is 39.9 Å². The molecule has 1 unspecified atom stereocenters. The number of unbranched alkanes of at least 4 members (excludes halogenated alkanes) is 2. The molecule has 1 rings (SSSR count). The van der Waals surface area contributed by atoms with Crippen molar-refractivity contribution in [3.63, 3.8) is 0 Å². The topological polar surface area (TPSA) is 0 Å². The zero-order valence-electron chi connectivity index (χ0n) is 8.65. The Balaban J connectivity index is 2.47. The van der Waals surface area contributed by atoms with Crippen LogP contribution in [0, 0.1) is 6.92 Å². The molecule has 0 aromatic carbocycles. The summed E-state index contributed by atoms with van der Waals surface area (Å²) in [5, 5.41) is 0. The van der Waals surface area contributed by atoms with Crippen LogP contribution < -0.4 is 0 Å². The van der Waals surface area contributed by atoms with Crippen LogP contribution >= 0.6 is 43.2 Å². The molecule has 0 N–H and O–H groups in total. The van der Waals surface area contributed by atoms with Crippen LogP contribution in [0.25, 0.3) is 0 Å². The summed E-state index contributed by atoms with van der Waals surface area (Å²) >= 11 is 9.20. The molecule has 1 atom stereocenters. The first-order valence-electron chi connectivity index (χ1n) is 5.05. The maximum atomic E-state index is 3.75. The lowest BCUT2D eigenvalue weighted by atomic mass is 10.1. The van der Waals surface area contributed by atoms with E-state index in [1.54, 1.807) is 0 Å². The average Bonchev–Trinajstić information content (AvgIpc) is 2.47. The van der Waals surface area contributed by atoms with Crippen molar-refractivity contribution in [2.75, 3.05) is 0 Å². The highest BCUT2D eigenvalue weighted by Crippen LogP contribution is 2.37. The first-order valence-corrected chi connectivity index (χ1v) is 7.57. The molecule has 0 fully saturated rings. The molecule has 0 spiro atoms. The molecule has 0 saturated carbocycles. The second-order valence-corrected chi connectivity index (χ2v) is 6.76. The third-order valence-corrected chi connectivity index (χ3v) is 5.75. The number of halogens is 2. The van der Waals surface area contributed by atoms with Crippen molar-refractivity contribution in [2.45, 2.75) is 44.4 Å². The van der Waals surface area contributed by atoms with Gasteiger partial charge in [0.05, 0.1) is 0 Å². The van der Waals surface area contributed by atoms with Crippen molar-refractivity contribution in [3.05, 3.63) is 20.3 Å². The fraction of sp³-hybridized carbons (Fsp3) is 0.636. The minimum atomic E-state index is 0.545. The van der Waals surface area contributed by atoms with E-state index >= 15 is 0 Å². The SMILES string of the molecule is CCCCCC(Br)c1cc(Br)c(C)s1. The summed E-state index contributed by atoms with van der Waals surface area (Å²) in [7, 11) is 0. The number of thiophene rings is 1. The Morgan fingerprint density at radius 2 is 2.14 bits per heavy atom. The molecule has 80 valence electrons. The quantitative estimate of drug-likeness (QED) is 0.467. The van der Waals surface area contributed by atoms with Gasteiger partial charge in [-0.1, -0.05) is 42.1 Å². The minimum Gasteiger partial charge on any atom is -0.143 e. The average molecular weight is 340 g/mol. The highest BCUT2D eigenvalue weighted by molar-refractivity contribution is 9.10. The van der Waals surface area contributed by atoms with Crippen molar-refractivity contribution in [1.82, 2.24) is 0 Å². The van der Waals surface area contributed by atoms with Crippen molar-refractivity contribution in [1.29, 1.82) is 0 Å². The van der Waals surface area contributed by atoms with E-state index in [9.17, 15) is 0 Å². The molecule has 0 bridgehead atoms. The van der Waals surface area contributed by atoms with Gasteiger partial charge in [0.15, 0.2) is 0 Å². The smallest absolute Gasteiger partial charge is 0.0489 e. The number of aryl methyl sites for hydroxylation is 1. The monoisotopic (exact) mass is 338 g/mol. The van der Waals surface area contributed by atoms with E-state index in [1.807, 2.05) is 11.3 Å². The van der Waals surface area contributed by atoms with E-state index in [0.29, 0.717) is 4.83 Å². The second kappa shape index (κ2) is 6.29. The van der Waals surface area contributed by atoms with Crippen LogP contribution in [0.4, 0.5) is 0 Å². The lowest BCUT2D eigenvalue weighted by molar-refractivity contribution is 0.667. The lowest BCUT2D eigenvalue weighted by Crippen LogP contribution is -1.85. The molecule has 0 aliphatic rings. The van der Waals surface area contributed by atoms with E-state index in [-0.39, 0.29) is 0 Å². The summed E-state index contributed by atoms with van der Waals surface area (Å²) in [5.41, 5.74) is 0. The van der Waals surface area contributed by atoms with Gasteiger partial charge in [-0.15, -0.1) is 11.3 Å². The Labute approximate surface area is 107 Å². The Morgan fingerprint density at radius 1 is 1.43 bits per heavy atom. The van der Waals surface area contributed by atoms with Gasteiger partial charge in [0.1, 0.15) is 0 Å². The molecule has 1 heterocycles. The molecule has 1 aromatic heterocycles. The van der Waals surface area contributed by atoms with Gasteiger partial charge in [-0.25, -0.2) is 0 Å². The molecule has 1 aromatic rings. The standard InChI is InChI=1S/C11H16Br2S/c1-3-4-5-6-9(12)11-7-10(13)8(2)14-11/h7,9H,3-6H2,1-2H3. The third-order valence-electron chi connectivity index (χ3n) is 2.25. The predicted molar refractivity (Wildman–Crippen MR) is 72.6 cm³/mol. The Bertz CT molecular complexity index is 261. The summed E-state index contributed by atoms with van der Waals surface area (Å²) in [6.07, 6.45) is 5.21. The number of alkyl halides is 1. The van der Waals surface area contributed by atoms with E-state index in [2.05, 4.69) is 51.8 Å². The molecule has 0 radical (unpaired) electrons. The van der Waals surface area contributed by atoms with Gasteiger partial charge < -0.3 is 0 Å². The summed E-state index contributed by atoms with van der Waals surface area (Å²) in [4.78, 5) is 3.37. The van der Waals surface area contributed by atoms with Crippen molar-refractivity contribution >= 4 is 43.2 Å². The molecule has 0 amide bonds. The lowest BCUT2D eigenvalue weighted by Gasteiger charge is -2.05. The summed E-state index contributed by atoms with van der Waals surface area (Å²) in [5.74, 6) is 0. The van der Waals surface area contributed by atoms with Crippen LogP contribution in [-0.2, 0) is 0 Å². The van der Waals surface area contributed by atoms with E-state index in [4.69, 9.17) is 0 Å². The Morgan fingerprint density at radius 3 is 2.64 bits per heavy atom. The van der Waals surface area contributed by atoms with Gasteiger partial charge in [-0.3, -0.25) is 0 Å². The van der Waals surface area contributed by atoms with Gasteiger partial charge in [-0.2, -0.15) is 0 Å². The summed E-state index contributed by atoms with van der Waals surface area (Å²) < 4.78 is 1.25. The van der Waals surface area contributed by atoms with Crippen molar-refractivity contribution in [2.24, 2.45) is 0 Å². The van der Waals surface area contributed by atoms with Crippen molar-refractivity contribution < 1.29 is 0 Å². The van der Waals surface area contributed by atoms with Crippen LogP contribution in [0.3, 0.4) is 0 Å². The fourth-order valence-electron chi connectivity index (χ4n) is 1.35. The molecule has 0 saturated heterocycles. The van der Waals surface area contributed by atoms with Gasteiger partial charge in [0.25, 0.3) is 0 Å². The first-order chi connectivity index (χ1) is 6.65. The predicted octanol–water partition coefficient (Wildman–Crippen LogP) is 5.84. The minimum absolute atomic E-state index is 0.545. The van der Waals surface area contributed by atoms with E-state index < -0.39 is 0 Å². The molecular weight excluding hydrogens is 324 g/mol. The zero-order valence-corrected chi connectivity index (χ0v) is 12.6. The Kier molecular flexibility index (Phi) is 5.72. The van der Waals surface area contributed by atoms with Crippen LogP contribution in [0.15, 0.2) is 10.5 Å². The maximum Gasteiger partial charge on any atom is 0.0489 e. The molecule has 3 heteroatoms. The fourth-order valence-corrected chi connectivity index (χ4v) is 3.66. The number of hydrogen-bond donors (Lipinski definition) is 0. The summed E-state index contributed by atoms with van der Waals surface area (Å²) in [6.45, 7) is 4.40. The van der Waals surface area contributed by atoms with Gasteiger partial charge in [-0.05, 0) is 35.3 Å². The maximum absolute atomic E-state index is 3.75. The highest BCUT2D eigenvalue weighted by atomic mass is 79.9. The second-order valence-electron chi connectivity index (χ2n) is 3.52.